The third-order valence-corrected chi connectivity index (χ3v) is 2.15. The van der Waals surface area contributed by atoms with Gasteiger partial charge in [-0.25, -0.2) is 9.79 Å². The number of nitrogens with zero attached hydrogens (tertiary/aromatic N) is 1. The Kier molecular flexibility index (Phi) is 3.88. The Morgan fingerprint density at radius 3 is 3.14 bits per heavy atom. The monoisotopic (exact) mass is 200 g/mol. The second-order valence-corrected chi connectivity index (χ2v) is 3.27. The highest BCUT2D eigenvalue weighted by molar-refractivity contribution is 5.85. The number of carbonyl (C=O) groups is 1. The summed E-state index contributed by atoms with van der Waals surface area (Å²) < 4.78 is 9.84. The van der Waals surface area contributed by atoms with Crippen LogP contribution in [0.5, 0.6) is 0 Å². The lowest BCUT2D eigenvalue weighted by Gasteiger charge is -2.08. The topological polar surface area (TPSA) is 59.9 Å². The van der Waals surface area contributed by atoms with Crippen LogP contribution >= 0.6 is 0 Å². The summed E-state index contributed by atoms with van der Waals surface area (Å²) in [6, 6.07) is -0.177. The molecule has 0 aromatic heterocycles. The highest BCUT2D eigenvalue weighted by atomic mass is 16.5. The normalized spacial score (nSPS) is 22.5. The predicted molar refractivity (Wildman–Crippen MR) is 52.3 cm³/mol. The third-order valence-electron chi connectivity index (χ3n) is 2.15. The van der Waals surface area contributed by atoms with Crippen molar-refractivity contribution < 1.29 is 14.3 Å². The van der Waals surface area contributed by atoms with Crippen molar-refractivity contribution in [3.63, 3.8) is 0 Å². The van der Waals surface area contributed by atoms with Crippen LogP contribution in [0.2, 0.25) is 0 Å². The summed E-state index contributed by atoms with van der Waals surface area (Å²) in [5.74, 6) is 0.291. The van der Waals surface area contributed by atoms with E-state index >= 15 is 0 Å². The van der Waals surface area contributed by atoms with Crippen molar-refractivity contribution in [2.45, 2.75) is 25.4 Å². The van der Waals surface area contributed by atoms with Crippen molar-refractivity contribution in [3.05, 3.63) is 0 Å². The molecule has 2 atom stereocenters. The van der Waals surface area contributed by atoms with E-state index in [1.807, 2.05) is 14.0 Å². The van der Waals surface area contributed by atoms with Crippen LogP contribution < -0.4 is 5.32 Å². The van der Waals surface area contributed by atoms with E-state index in [9.17, 15) is 4.79 Å². The molecule has 80 valence electrons. The largest absolute Gasteiger partial charge is 0.478 e. The van der Waals surface area contributed by atoms with E-state index in [1.54, 1.807) is 0 Å². The molecule has 5 heteroatoms. The minimum atomic E-state index is -0.473. The molecule has 0 radical (unpaired) electrons. The Bertz CT molecular complexity index is 240. The fourth-order valence-electron chi connectivity index (χ4n) is 1.16. The molecule has 0 aliphatic carbocycles. The van der Waals surface area contributed by atoms with Gasteiger partial charge in [0.05, 0.1) is 7.11 Å². The van der Waals surface area contributed by atoms with Crippen LogP contribution in [0.1, 0.15) is 13.3 Å². The zero-order valence-electron chi connectivity index (χ0n) is 8.74. The van der Waals surface area contributed by atoms with Gasteiger partial charge < -0.3 is 14.8 Å². The highest BCUT2D eigenvalue weighted by Crippen LogP contribution is 2.09. The number of aliphatic imine (C=N–C) groups is 1. The number of nitrogens with one attached hydrogen (secondary N) is 1. The highest BCUT2D eigenvalue weighted by Gasteiger charge is 2.26. The number of esters is 1. The lowest BCUT2D eigenvalue weighted by Crippen LogP contribution is -2.24. The van der Waals surface area contributed by atoms with E-state index < -0.39 is 6.04 Å². The molecule has 0 fully saturated rings. The quantitative estimate of drug-likeness (QED) is 0.647. The summed E-state index contributed by atoms with van der Waals surface area (Å²) >= 11 is 0. The van der Waals surface area contributed by atoms with Crippen LogP contribution in [-0.4, -0.2) is 44.7 Å². The lowest BCUT2D eigenvalue weighted by molar-refractivity contribution is -0.142. The lowest BCUT2D eigenvalue weighted by atomic mass is 10.2. The Labute approximate surface area is 83.5 Å². The Morgan fingerprint density at radius 1 is 1.86 bits per heavy atom. The summed E-state index contributed by atoms with van der Waals surface area (Å²) in [7, 11) is 3.23. The van der Waals surface area contributed by atoms with Crippen molar-refractivity contribution >= 4 is 11.9 Å². The average Bonchev–Trinajstić information content (AvgIpc) is 2.65. The number of carbonyl (C=O) groups excluding carboxylic acids is 1. The van der Waals surface area contributed by atoms with Crippen LogP contribution in [0.15, 0.2) is 4.99 Å². The summed E-state index contributed by atoms with van der Waals surface area (Å²) in [4.78, 5) is 15.2. The SMILES string of the molecule is CNC(C)CC1=NC(C(=O)OC)CO1. The maximum Gasteiger partial charge on any atom is 0.334 e. The predicted octanol–water partition coefficient (Wildman–Crippen LogP) is -0.0453. The third kappa shape index (κ3) is 2.70. The van der Waals surface area contributed by atoms with Gasteiger partial charge >= 0.3 is 5.97 Å². The number of hydrogen-bond donors (Lipinski definition) is 1. The Balaban J connectivity index is 2.46. The molecule has 0 spiro atoms. The maximum atomic E-state index is 11.1. The molecule has 0 saturated carbocycles. The van der Waals surface area contributed by atoms with Crippen LogP contribution in [0.3, 0.4) is 0 Å². The van der Waals surface area contributed by atoms with Gasteiger partial charge in [-0.2, -0.15) is 0 Å². The zero-order valence-corrected chi connectivity index (χ0v) is 8.74. The zero-order chi connectivity index (χ0) is 10.6. The van der Waals surface area contributed by atoms with Gasteiger partial charge in [0, 0.05) is 12.5 Å². The van der Waals surface area contributed by atoms with Crippen molar-refractivity contribution in [3.8, 4) is 0 Å². The molecule has 2 unspecified atom stereocenters. The van der Waals surface area contributed by atoms with Gasteiger partial charge in [-0.1, -0.05) is 0 Å². The second kappa shape index (κ2) is 4.95. The minimum Gasteiger partial charge on any atom is -0.478 e. The molecule has 5 nitrogen and oxygen atoms in total. The molecular weight excluding hydrogens is 184 g/mol. The van der Waals surface area contributed by atoms with Gasteiger partial charge in [-0.15, -0.1) is 0 Å². The van der Waals surface area contributed by atoms with Gasteiger partial charge in [0.15, 0.2) is 11.9 Å². The second-order valence-electron chi connectivity index (χ2n) is 3.27. The fraction of sp³-hybridized carbons (Fsp3) is 0.778. The molecule has 1 N–H and O–H groups in total. The summed E-state index contributed by atoms with van der Waals surface area (Å²) in [6.07, 6.45) is 0.698. The molecule has 14 heavy (non-hydrogen) atoms. The first kappa shape index (κ1) is 11.0. The van der Waals surface area contributed by atoms with Crippen LogP contribution in [0, 0.1) is 0 Å². The van der Waals surface area contributed by atoms with E-state index in [0.29, 0.717) is 25.0 Å². The fourth-order valence-corrected chi connectivity index (χ4v) is 1.16. The first-order chi connectivity index (χ1) is 6.67. The maximum absolute atomic E-state index is 11.1. The van der Waals surface area contributed by atoms with Crippen molar-refractivity contribution in [1.29, 1.82) is 0 Å². The van der Waals surface area contributed by atoms with Crippen LogP contribution in [0.25, 0.3) is 0 Å². The molecule has 0 saturated heterocycles. The van der Waals surface area contributed by atoms with Crippen molar-refractivity contribution in [2.75, 3.05) is 20.8 Å². The van der Waals surface area contributed by atoms with Gasteiger partial charge in [0.1, 0.15) is 6.61 Å². The van der Waals surface area contributed by atoms with Gasteiger partial charge in [-0.05, 0) is 14.0 Å². The molecule has 1 heterocycles. The van der Waals surface area contributed by atoms with E-state index in [-0.39, 0.29) is 5.97 Å². The molecule has 1 aliphatic rings. The Hall–Kier alpha value is -1.10. The van der Waals surface area contributed by atoms with Gasteiger partial charge in [0.25, 0.3) is 0 Å². The molecular formula is C9H16N2O3. The van der Waals surface area contributed by atoms with Crippen LogP contribution in [-0.2, 0) is 14.3 Å². The van der Waals surface area contributed by atoms with Gasteiger partial charge in [-0.3, -0.25) is 0 Å². The first-order valence-corrected chi connectivity index (χ1v) is 4.62. The van der Waals surface area contributed by atoms with Crippen LogP contribution in [0.4, 0.5) is 0 Å². The summed E-state index contributed by atoms with van der Waals surface area (Å²) in [5, 5.41) is 3.07. The minimum absolute atomic E-state index is 0.296. The van der Waals surface area contributed by atoms with E-state index in [2.05, 4.69) is 15.0 Å². The molecule has 0 bridgehead atoms. The Morgan fingerprint density at radius 2 is 2.57 bits per heavy atom. The van der Waals surface area contributed by atoms with Crippen molar-refractivity contribution in [1.82, 2.24) is 5.32 Å². The number of rotatable bonds is 4. The average molecular weight is 200 g/mol. The summed E-state index contributed by atoms with van der Waals surface area (Å²) in [5.41, 5.74) is 0. The molecule has 0 aromatic carbocycles. The molecule has 0 aromatic rings. The molecule has 1 aliphatic heterocycles. The first-order valence-electron chi connectivity index (χ1n) is 4.62. The van der Waals surface area contributed by atoms with E-state index in [4.69, 9.17) is 4.74 Å². The van der Waals surface area contributed by atoms with E-state index in [0.717, 1.165) is 0 Å². The number of methoxy groups -OCH3 is 1. The van der Waals surface area contributed by atoms with Crippen molar-refractivity contribution in [2.24, 2.45) is 4.99 Å². The van der Waals surface area contributed by atoms with E-state index in [1.165, 1.54) is 7.11 Å². The number of hydrogen-bond acceptors (Lipinski definition) is 5. The smallest absolute Gasteiger partial charge is 0.334 e. The number of ether oxygens (including phenoxy) is 2. The summed E-state index contributed by atoms with van der Waals surface area (Å²) in [6.45, 7) is 2.33. The molecule has 0 amide bonds. The molecule has 1 rings (SSSR count). The van der Waals surface area contributed by atoms with Gasteiger partial charge in [0.2, 0.25) is 0 Å². The standard InChI is InChI=1S/C9H16N2O3/c1-6(10-2)4-8-11-7(5-14-8)9(12)13-3/h6-7,10H,4-5H2,1-3H3.